The van der Waals surface area contributed by atoms with Crippen LogP contribution in [0.5, 0.6) is 11.5 Å². The third-order valence-corrected chi connectivity index (χ3v) is 2.72. The number of esters is 1. The maximum atomic E-state index is 11.9. The van der Waals surface area contributed by atoms with Crippen LogP contribution >= 0.6 is 0 Å². The second kappa shape index (κ2) is 6.92. The molecule has 21 heavy (non-hydrogen) atoms. The van der Waals surface area contributed by atoms with Crippen molar-refractivity contribution in [3.63, 3.8) is 0 Å². The van der Waals surface area contributed by atoms with E-state index in [0.29, 0.717) is 11.5 Å². The minimum absolute atomic E-state index is 0.0657. The van der Waals surface area contributed by atoms with E-state index in [9.17, 15) is 4.79 Å². The molecule has 0 aliphatic rings. The normalized spacial score (nSPS) is 10.6. The molecule has 2 aromatic rings. The molecule has 0 radical (unpaired) electrons. The van der Waals surface area contributed by atoms with Gasteiger partial charge >= 0.3 is 5.97 Å². The SMILES string of the molecule is COc1ccc(C=C(C#N)C(=O)Oc2ccccc2)cc1. The van der Waals surface area contributed by atoms with E-state index in [1.807, 2.05) is 12.1 Å². The fourth-order valence-electron chi connectivity index (χ4n) is 1.65. The Bertz CT molecular complexity index is 682. The van der Waals surface area contributed by atoms with Gasteiger partial charge in [-0.15, -0.1) is 0 Å². The minimum Gasteiger partial charge on any atom is -0.497 e. The Kier molecular flexibility index (Phi) is 4.73. The summed E-state index contributed by atoms with van der Waals surface area (Å²) in [4.78, 5) is 11.9. The zero-order valence-corrected chi connectivity index (χ0v) is 11.4. The van der Waals surface area contributed by atoms with Gasteiger partial charge in [-0.05, 0) is 35.9 Å². The molecule has 2 rings (SSSR count). The van der Waals surface area contributed by atoms with Crippen molar-refractivity contribution in [1.29, 1.82) is 5.26 Å². The van der Waals surface area contributed by atoms with Crippen molar-refractivity contribution in [2.24, 2.45) is 0 Å². The number of carbonyl (C=O) groups excluding carboxylic acids is 1. The molecule has 0 fully saturated rings. The number of methoxy groups -OCH3 is 1. The lowest BCUT2D eigenvalue weighted by Crippen LogP contribution is -2.09. The molecule has 4 heteroatoms. The molecule has 0 N–H and O–H groups in total. The first-order valence-electron chi connectivity index (χ1n) is 6.26. The summed E-state index contributed by atoms with van der Waals surface area (Å²) in [6.45, 7) is 0. The lowest BCUT2D eigenvalue weighted by atomic mass is 10.1. The summed E-state index contributed by atoms with van der Waals surface area (Å²) in [5.74, 6) is 0.426. The van der Waals surface area contributed by atoms with Crippen molar-refractivity contribution < 1.29 is 14.3 Å². The Hall–Kier alpha value is -3.06. The van der Waals surface area contributed by atoms with Gasteiger partial charge in [-0.2, -0.15) is 5.26 Å². The molecule has 0 aliphatic carbocycles. The predicted octanol–water partition coefficient (Wildman–Crippen LogP) is 3.21. The third kappa shape index (κ3) is 3.95. The summed E-state index contributed by atoms with van der Waals surface area (Å²) < 4.78 is 10.2. The van der Waals surface area contributed by atoms with E-state index in [2.05, 4.69) is 0 Å². The molecule has 2 aromatic carbocycles. The lowest BCUT2D eigenvalue weighted by Gasteiger charge is -2.03. The molecule has 104 valence electrons. The molecule has 0 unspecified atom stereocenters. The van der Waals surface area contributed by atoms with Gasteiger partial charge < -0.3 is 9.47 Å². The van der Waals surface area contributed by atoms with Gasteiger partial charge in [0.05, 0.1) is 7.11 Å². The van der Waals surface area contributed by atoms with Crippen LogP contribution in [0, 0.1) is 11.3 Å². The van der Waals surface area contributed by atoms with Gasteiger partial charge in [0.15, 0.2) is 0 Å². The van der Waals surface area contributed by atoms with Crippen molar-refractivity contribution in [2.75, 3.05) is 7.11 Å². The molecule has 0 aliphatic heterocycles. The van der Waals surface area contributed by atoms with Gasteiger partial charge in [-0.25, -0.2) is 4.79 Å². The molecular weight excluding hydrogens is 266 g/mol. The summed E-state index contributed by atoms with van der Waals surface area (Å²) in [5, 5.41) is 9.09. The van der Waals surface area contributed by atoms with Crippen LogP contribution in [-0.4, -0.2) is 13.1 Å². The van der Waals surface area contributed by atoms with E-state index < -0.39 is 5.97 Å². The summed E-state index contributed by atoms with van der Waals surface area (Å²) in [6, 6.07) is 17.5. The van der Waals surface area contributed by atoms with Crippen molar-refractivity contribution >= 4 is 12.0 Å². The van der Waals surface area contributed by atoms with Crippen molar-refractivity contribution in [3.8, 4) is 17.6 Å². The summed E-state index contributed by atoms with van der Waals surface area (Å²) >= 11 is 0. The topological polar surface area (TPSA) is 59.3 Å². The van der Waals surface area contributed by atoms with Gasteiger partial charge in [-0.1, -0.05) is 30.3 Å². The molecule has 0 saturated heterocycles. The Morgan fingerprint density at radius 1 is 1.05 bits per heavy atom. The highest BCUT2D eigenvalue weighted by Crippen LogP contribution is 2.16. The van der Waals surface area contributed by atoms with Crippen LogP contribution in [0.15, 0.2) is 60.2 Å². The molecule has 0 amide bonds. The van der Waals surface area contributed by atoms with Crippen LogP contribution in [0.1, 0.15) is 5.56 Å². The zero-order chi connectivity index (χ0) is 15.1. The second-order valence-electron chi connectivity index (χ2n) is 4.15. The monoisotopic (exact) mass is 279 g/mol. The number of ether oxygens (including phenoxy) is 2. The molecular formula is C17H13NO3. The lowest BCUT2D eigenvalue weighted by molar-refractivity contribution is -0.129. The number of carbonyl (C=O) groups is 1. The molecule has 0 heterocycles. The minimum atomic E-state index is -0.681. The third-order valence-electron chi connectivity index (χ3n) is 2.72. The second-order valence-corrected chi connectivity index (χ2v) is 4.15. The van der Waals surface area contributed by atoms with Crippen LogP contribution < -0.4 is 9.47 Å². The standard InChI is InChI=1S/C17H13NO3/c1-20-15-9-7-13(8-10-15)11-14(12-18)17(19)21-16-5-3-2-4-6-16/h2-11H,1H3. The fraction of sp³-hybridized carbons (Fsp3) is 0.0588. The van der Waals surface area contributed by atoms with Gasteiger partial charge in [0.2, 0.25) is 0 Å². The highest BCUT2D eigenvalue weighted by molar-refractivity contribution is 5.99. The molecule has 0 saturated carbocycles. The Morgan fingerprint density at radius 3 is 2.29 bits per heavy atom. The Balaban J connectivity index is 2.16. The molecule has 0 aromatic heterocycles. The van der Waals surface area contributed by atoms with Gasteiger partial charge in [-0.3, -0.25) is 0 Å². The van der Waals surface area contributed by atoms with E-state index in [1.165, 1.54) is 6.08 Å². The van der Waals surface area contributed by atoms with E-state index in [0.717, 1.165) is 5.56 Å². The summed E-state index contributed by atoms with van der Waals surface area (Å²) in [6.07, 6.45) is 1.48. The molecule has 0 bridgehead atoms. The smallest absolute Gasteiger partial charge is 0.354 e. The number of hydrogen-bond donors (Lipinski definition) is 0. The quantitative estimate of drug-likeness (QED) is 0.373. The largest absolute Gasteiger partial charge is 0.497 e. The van der Waals surface area contributed by atoms with Crippen LogP contribution in [0.25, 0.3) is 6.08 Å². The predicted molar refractivity (Wildman–Crippen MR) is 78.7 cm³/mol. The van der Waals surface area contributed by atoms with E-state index in [4.69, 9.17) is 14.7 Å². The Labute approximate surface area is 122 Å². The number of nitriles is 1. The first-order valence-corrected chi connectivity index (χ1v) is 6.26. The number of benzene rings is 2. The van der Waals surface area contributed by atoms with Crippen molar-refractivity contribution in [3.05, 3.63) is 65.7 Å². The van der Waals surface area contributed by atoms with Gasteiger partial charge in [0, 0.05) is 0 Å². The average Bonchev–Trinajstić information content (AvgIpc) is 2.54. The number of para-hydroxylation sites is 1. The first-order chi connectivity index (χ1) is 10.2. The van der Waals surface area contributed by atoms with E-state index in [1.54, 1.807) is 55.6 Å². The van der Waals surface area contributed by atoms with Crippen LogP contribution in [0.2, 0.25) is 0 Å². The van der Waals surface area contributed by atoms with Crippen molar-refractivity contribution in [2.45, 2.75) is 0 Å². The highest BCUT2D eigenvalue weighted by Gasteiger charge is 2.11. The number of hydrogen-bond acceptors (Lipinski definition) is 4. The molecule has 0 atom stereocenters. The summed E-state index contributed by atoms with van der Waals surface area (Å²) in [7, 11) is 1.57. The van der Waals surface area contributed by atoms with Crippen molar-refractivity contribution in [1.82, 2.24) is 0 Å². The highest BCUT2D eigenvalue weighted by atomic mass is 16.5. The van der Waals surface area contributed by atoms with Crippen LogP contribution in [0.3, 0.4) is 0 Å². The van der Waals surface area contributed by atoms with E-state index in [-0.39, 0.29) is 5.57 Å². The number of nitrogens with zero attached hydrogens (tertiary/aromatic N) is 1. The van der Waals surface area contributed by atoms with E-state index >= 15 is 0 Å². The van der Waals surface area contributed by atoms with Gasteiger partial charge in [0.1, 0.15) is 23.1 Å². The molecule has 4 nitrogen and oxygen atoms in total. The van der Waals surface area contributed by atoms with Crippen LogP contribution in [0.4, 0.5) is 0 Å². The maximum Gasteiger partial charge on any atom is 0.354 e. The average molecular weight is 279 g/mol. The number of rotatable bonds is 4. The Morgan fingerprint density at radius 2 is 1.71 bits per heavy atom. The maximum absolute atomic E-state index is 11.9. The summed E-state index contributed by atoms with van der Waals surface area (Å²) in [5.41, 5.74) is 0.654. The van der Waals surface area contributed by atoms with Gasteiger partial charge in [0.25, 0.3) is 0 Å². The zero-order valence-electron chi connectivity index (χ0n) is 11.4. The molecule has 0 spiro atoms. The fourth-order valence-corrected chi connectivity index (χ4v) is 1.65. The van der Waals surface area contributed by atoms with Crippen LogP contribution in [-0.2, 0) is 4.79 Å². The first kappa shape index (κ1) is 14.4.